The van der Waals surface area contributed by atoms with Gasteiger partial charge in [-0.2, -0.15) is 0 Å². The molecule has 0 saturated carbocycles. The highest BCUT2D eigenvalue weighted by Gasteiger charge is 2.15. The zero-order chi connectivity index (χ0) is 11.3. The van der Waals surface area contributed by atoms with Crippen LogP contribution in [0.15, 0.2) is 23.3 Å². The Morgan fingerprint density at radius 3 is 2.80 bits per heavy atom. The zero-order valence-electron chi connectivity index (χ0n) is 9.88. The Hall–Kier alpha value is -1.05. The van der Waals surface area contributed by atoms with Crippen molar-refractivity contribution in [2.24, 2.45) is 5.92 Å². The van der Waals surface area contributed by atoms with Gasteiger partial charge >= 0.3 is 5.97 Å². The molecule has 84 valence electrons. The second-order valence-electron chi connectivity index (χ2n) is 4.35. The van der Waals surface area contributed by atoms with Gasteiger partial charge in [-0.15, -0.1) is 0 Å². The van der Waals surface area contributed by atoms with Crippen LogP contribution >= 0.6 is 0 Å². The second kappa shape index (κ2) is 5.74. The van der Waals surface area contributed by atoms with E-state index in [1.54, 1.807) is 0 Å². The molecule has 0 bridgehead atoms. The quantitative estimate of drug-likeness (QED) is 0.523. The standard InChI is InChI=1S/C13H20O2/c1-4-11-6-5-7-12(8-11)13(14)15-9-10(2)3/h6-7,10H,4-5,8-9H2,1-3H3. The van der Waals surface area contributed by atoms with Crippen LogP contribution in [0.5, 0.6) is 0 Å². The summed E-state index contributed by atoms with van der Waals surface area (Å²) >= 11 is 0. The highest BCUT2D eigenvalue weighted by molar-refractivity contribution is 5.89. The zero-order valence-corrected chi connectivity index (χ0v) is 9.88. The van der Waals surface area contributed by atoms with Gasteiger partial charge in [0.2, 0.25) is 0 Å². The van der Waals surface area contributed by atoms with Crippen molar-refractivity contribution in [1.29, 1.82) is 0 Å². The molecule has 2 nitrogen and oxygen atoms in total. The van der Waals surface area contributed by atoms with E-state index < -0.39 is 0 Å². The topological polar surface area (TPSA) is 26.3 Å². The molecule has 0 radical (unpaired) electrons. The van der Waals surface area contributed by atoms with Gasteiger partial charge in [-0.05, 0) is 18.8 Å². The number of esters is 1. The van der Waals surface area contributed by atoms with Crippen LogP contribution in [0.4, 0.5) is 0 Å². The number of hydrogen-bond acceptors (Lipinski definition) is 2. The first-order valence-corrected chi connectivity index (χ1v) is 5.67. The van der Waals surface area contributed by atoms with Crippen molar-refractivity contribution in [2.75, 3.05) is 6.61 Å². The molecule has 0 aromatic rings. The molecule has 0 unspecified atom stereocenters. The van der Waals surface area contributed by atoms with E-state index in [0.29, 0.717) is 12.5 Å². The van der Waals surface area contributed by atoms with E-state index in [1.165, 1.54) is 5.57 Å². The summed E-state index contributed by atoms with van der Waals surface area (Å²) in [5, 5.41) is 0. The minimum Gasteiger partial charge on any atom is -0.462 e. The maximum atomic E-state index is 11.6. The van der Waals surface area contributed by atoms with E-state index in [9.17, 15) is 4.79 Å². The lowest BCUT2D eigenvalue weighted by atomic mass is 9.96. The molecule has 0 spiro atoms. The average molecular weight is 208 g/mol. The normalized spacial score (nSPS) is 16.0. The number of allylic oxidation sites excluding steroid dienone is 3. The summed E-state index contributed by atoms with van der Waals surface area (Å²) in [4.78, 5) is 11.6. The van der Waals surface area contributed by atoms with Gasteiger partial charge in [-0.3, -0.25) is 0 Å². The molecule has 0 heterocycles. The molecule has 0 saturated heterocycles. The maximum absolute atomic E-state index is 11.6. The molecule has 0 aromatic heterocycles. The minimum atomic E-state index is -0.136. The van der Waals surface area contributed by atoms with Gasteiger partial charge in [0.25, 0.3) is 0 Å². The molecular weight excluding hydrogens is 188 g/mol. The fourth-order valence-electron chi connectivity index (χ4n) is 1.52. The van der Waals surface area contributed by atoms with Crippen LogP contribution in [-0.4, -0.2) is 12.6 Å². The van der Waals surface area contributed by atoms with Crippen molar-refractivity contribution in [2.45, 2.75) is 40.0 Å². The Bertz CT molecular complexity index is 285. The van der Waals surface area contributed by atoms with E-state index in [-0.39, 0.29) is 5.97 Å². The molecule has 1 aliphatic carbocycles. The summed E-state index contributed by atoms with van der Waals surface area (Å²) in [6.07, 6.45) is 6.83. The Morgan fingerprint density at radius 1 is 1.47 bits per heavy atom. The van der Waals surface area contributed by atoms with Gasteiger partial charge in [0.1, 0.15) is 0 Å². The Morgan fingerprint density at radius 2 is 2.20 bits per heavy atom. The second-order valence-corrected chi connectivity index (χ2v) is 4.35. The van der Waals surface area contributed by atoms with Gasteiger partial charge in [0.05, 0.1) is 6.61 Å². The van der Waals surface area contributed by atoms with Gasteiger partial charge in [-0.1, -0.05) is 38.5 Å². The van der Waals surface area contributed by atoms with Gasteiger partial charge in [0, 0.05) is 12.0 Å². The fraction of sp³-hybridized carbons (Fsp3) is 0.615. The van der Waals surface area contributed by atoms with Crippen LogP contribution in [0.2, 0.25) is 0 Å². The Kier molecular flexibility index (Phi) is 4.60. The largest absolute Gasteiger partial charge is 0.462 e. The van der Waals surface area contributed by atoms with Crippen LogP contribution in [0, 0.1) is 5.92 Å². The van der Waals surface area contributed by atoms with Crippen molar-refractivity contribution >= 4 is 5.97 Å². The SMILES string of the molecule is CCC1=CCC=C(C(=O)OCC(C)C)C1. The summed E-state index contributed by atoms with van der Waals surface area (Å²) in [6.45, 7) is 6.72. The summed E-state index contributed by atoms with van der Waals surface area (Å²) in [6, 6.07) is 0. The predicted octanol–water partition coefficient (Wildman–Crippen LogP) is 3.24. The fourth-order valence-corrected chi connectivity index (χ4v) is 1.52. The highest BCUT2D eigenvalue weighted by atomic mass is 16.5. The third-order valence-electron chi connectivity index (χ3n) is 2.45. The molecule has 0 aromatic carbocycles. The number of carbonyl (C=O) groups excluding carboxylic acids is 1. The summed E-state index contributed by atoms with van der Waals surface area (Å²) in [5.41, 5.74) is 2.17. The van der Waals surface area contributed by atoms with Crippen LogP contribution in [0.1, 0.15) is 40.0 Å². The van der Waals surface area contributed by atoms with E-state index in [0.717, 1.165) is 24.8 Å². The van der Waals surface area contributed by atoms with Gasteiger partial charge < -0.3 is 4.74 Å². The molecule has 2 heteroatoms. The number of ether oxygens (including phenoxy) is 1. The van der Waals surface area contributed by atoms with Crippen molar-refractivity contribution in [3.63, 3.8) is 0 Å². The van der Waals surface area contributed by atoms with Crippen LogP contribution in [0.25, 0.3) is 0 Å². The smallest absolute Gasteiger partial charge is 0.334 e. The van der Waals surface area contributed by atoms with Crippen LogP contribution in [-0.2, 0) is 9.53 Å². The lowest BCUT2D eigenvalue weighted by Crippen LogP contribution is -2.13. The van der Waals surface area contributed by atoms with Crippen molar-refractivity contribution < 1.29 is 9.53 Å². The molecule has 0 aliphatic heterocycles. The van der Waals surface area contributed by atoms with Crippen LogP contribution < -0.4 is 0 Å². The lowest BCUT2D eigenvalue weighted by molar-refractivity contribution is -0.140. The van der Waals surface area contributed by atoms with Gasteiger partial charge in [-0.25, -0.2) is 4.79 Å². The van der Waals surface area contributed by atoms with Gasteiger partial charge in [0.15, 0.2) is 0 Å². The summed E-state index contributed by atoms with van der Waals surface area (Å²) in [5.74, 6) is 0.266. The number of carbonyl (C=O) groups is 1. The maximum Gasteiger partial charge on any atom is 0.334 e. The Labute approximate surface area is 92.0 Å². The number of hydrogen-bond donors (Lipinski definition) is 0. The molecule has 0 atom stereocenters. The monoisotopic (exact) mass is 208 g/mol. The molecule has 1 rings (SSSR count). The third-order valence-corrected chi connectivity index (χ3v) is 2.45. The lowest BCUT2D eigenvalue weighted by Gasteiger charge is -2.14. The molecule has 0 N–H and O–H groups in total. The van der Waals surface area contributed by atoms with E-state index in [2.05, 4.69) is 13.0 Å². The first-order chi connectivity index (χ1) is 7.13. The molecule has 0 fully saturated rings. The minimum absolute atomic E-state index is 0.136. The Balaban J connectivity index is 2.44. The van der Waals surface area contributed by atoms with Crippen molar-refractivity contribution in [3.8, 4) is 0 Å². The summed E-state index contributed by atoms with van der Waals surface area (Å²) < 4.78 is 5.20. The first kappa shape index (κ1) is 12.0. The number of rotatable bonds is 4. The molecule has 1 aliphatic rings. The van der Waals surface area contributed by atoms with E-state index >= 15 is 0 Å². The third kappa shape index (κ3) is 3.90. The molecular formula is C13H20O2. The van der Waals surface area contributed by atoms with E-state index in [4.69, 9.17) is 4.74 Å². The molecule has 15 heavy (non-hydrogen) atoms. The first-order valence-electron chi connectivity index (χ1n) is 5.67. The van der Waals surface area contributed by atoms with Crippen LogP contribution in [0.3, 0.4) is 0 Å². The van der Waals surface area contributed by atoms with Crippen molar-refractivity contribution in [1.82, 2.24) is 0 Å². The van der Waals surface area contributed by atoms with E-state index in [1.807, 2.05) is 19.9 Å². The predicted molar refractivity (Wildman–Crippen MR) is 61.5 cm³/mol. The molecule has 0 amide bonds. The van der Waals surface area contributed by atoms with Crippen molar-refractivity contribution in [3.05, 3.63) is 23.3 Å². The highest BCUT2D eigenvalue weighted by Crippen LogP contribution is 2.21. The average Bonchev–Trinajstić information content (AvgIpc) is 2.26. The summed E-state index contributed by atoms with van der Waals surface area (Å²) in [7, 11) is 0.